The summed E-state index contributed by atoms with van der Waals surface area (Å²) in [6.07, 6.45) is -4.59. The minimum absolute atomic E-state index is 0.289. The first-order chi connectivity index (χ1) is 12.7. The predicted octanol–water partition coefficient (Wildman–Crippen LogP) is 2.86. The number of esters is 1. The molecule has 27 heavy (non-hydrogen) atoms. The molecule has 0 radical (unpaired) electrons. The maximum Gasteiger partial charge on any atom is 0.416 e. The summed E-state index contributed by atoms with van der Waals surface area (Å²) < 4.78 is 42.7. The van der Waals surface area contributed by atoms with E-state index in [1.54, 1.807) is 0 Å². The molecule has 2 amide bonds. The van der Waals surface area contributed by atoms with Crippen LogP contribution in [0.4, 0.5) is 18.9 Å². The topological polar surface area (TPSA) is 84.5 Å². The molecule has 9 heteroatoms. The van der Waals surface area contributed by atoms with Crippen molar-refractivity contribution < 1.29 is 32.3 Å². The Morgan fingerprint density at radius 2 is 1.67 bits per heavy atom. The van der Waals surface area contributed by atoms with Gasteiger partial charge in [0, 0.05) is 18.3 Å². The summed E-state index contributed by atoms with van der Waals surface area (Å²) in [5.74, 6) is -2.02. The Morgan fingerprint density at radius 1 is 1.00 bits per heavy atom. The Kier molecular flexibility index (Phi) is 6.17. The van der Waals surface area contributed by atoms with Crippen molar-refractivity contribution >= 4 is 23.5 Å². The average Bonchev–Trinajstić information content (AvgIpc) is 2.65. The van der Waals surface area contributed by atoms with Gasteiger partial charge in [0.1, 0.15) is 0 Å². The van der Waals surface area contributed by atoms with Crippen molar-refractivity contribution in [3.05, 3.63) is 65.2 Å². The lowest BCUT2D eigenvalue weighted by Crippen LogP contribution is -2.21. The molecule has 0 aliphatic heterocycles. The van der Waals surface area contributed by atoms with Crippen molar-refractivity contribution in [3.63, 3.8) is 0 Å². The maximum atomic E-state index is 12.6. The number of nitrogens with one attached hydrogen (secondary N) is 2. The molecular weight excluding hydrogens is 365 g/mol. The molecule has 2 rings (SSSR count). The normalized spacial score (nSPS) is 10.8. The Hall–Kier alpha value is -3.36. The lowest BCUT2D eigenvalue weighted by Gasteiger charge is -2.09. The summed E-state index contributed by atoms with van der Waals surface area (Å²) in [4.78, 5) is 35.0. The molecule has 0 spiro atoms. The van der Waals surface area contributed by atoms with E-state index in [0.29, 0.717) is 17.3 Å². The molecule has 0 atom stereocenters. The highest BCUT2D eigenvalue weighted by molar-refractivity contribution is 5.97. The van der Waals surface area contributed by atoms with Gasteiger partial charge in [-0.2, -0.15) is 13.2 Å². The second kappa shape index (κ2) is 8.35. The highest BCUT2D eigenvalue weighted by atomic mass is 19.4. The fourth-order valence-corrected chi connectivity index (χ4v) is 2.08. The zero-order valence-electron chi connectivity index (χ0n) is 14.1. The van der Waals surface area contributed by atoms with E-state index in [2.05, 4.69) is 10.6 Å². The third-order valence-electron chi connectivity index (χ3n) is 3.42. The van der Waals surface area contributed by atoms with Crippen molar-refractivity contribution in [2.24, 2.45) is 0 Å². The number of hydrogen-bond donors (Lipinski definition) is 2. The van der Waals surface area contributed by atoms with Crippen LogP contribution in [0.15, 0.2) is 48.5 Å². The minimum atomic E-state index is -4.59. The van der Waals surface area contributed by atoms with Gasteiger partial charge in [0.2, 0.25) is 0 Å². The monoisotopic (exact) mass is 380 g/mol. The second-order valence-corrected chi connectivity index (χ2v) is 5.36. The summed E-state index contributed by atoms with van der Waals surface area (Å²) in [5.41, 5.74) is -0.542. The van der Waals surface area contributed by atoms with Gasteiger partial charge in [0.25, 0.3) is 11.8 Å². The number of alkyl halides is 3. The van der Waals surface area contributed by atoms with Gasteiger partial charge >= 0.3 is 12.1 Å². The highest BCUT2D eigenvalue weighted by Gasteiger charge is 2.31. The second-order valence-electron chi connectivity index (χ2n) is 5.36. The van der Waals surface area contributed by atoms with E-state index >= 15 is 0 Å². The van der Waals surface area contributed by atoms with E-state index in [9.17, 15) is 27.6 Å². The molecule has 0 heterocycles. The number of carbonyl (C=O) groups excluding carboxylic acids is 3. The fourth-order valence-electron chi connectivity index (χ4n) is 2.08. The van der Waals surface area contributed by atoms with Crippen LogP contribution in [-0.2, 0) is 15.7 Å². The van der Waals surface area contributed by atoms with E-state index in [-0.39, 0.29) is 11.5 Å². The van der Waals surface area contributed by atoms with Crippen LogP contribution in [-0.4, -0.2) is 31.4 Å². The first-order valence-corrected chi connectivity index (χ1v) is 7.67. The molecule has 142 valence electrons. The number of amides is 2. The van der Waals surface area contributed by atoms with Crippen LogP contribution in [0.25, 0.3) is 0 Å². The van der Waals surface area contributed by atoms with Gasteiger partial charge in [-0.05, 0) is 42.5 Å². The Bertz CT molecular complexity index is 848. The quantitative estimate of drug-likeness (QED) is 0.782. The van der Waals surface area contributed by atoms with Crippen molar-refractivity contribution in [3.8, 4) is 0 Å². The van der Waals surface area contributed by atoms with Crippen LogP contribution >= 0.6 is 0 Å². The standard InChI is InChI=1S/C18H15F3N2O4/c1-22-16(25)11-5-7-14(8-6-11)23-15(24)10-27-17(26)12-3-2-4-13(9-12)18(19,20)21/h2-9H,10H2,1H3,(H,22,25)(H,23,24). The van der Waals surface area contributed by atoms with E-state index in [4.69, 9.17) is 4.74 Å². The molecule has 0 saturated heterocycles. The molecule has 0 bridgehead atoms. The van der Waals surface area contributed by atoms with Gasteiger partial charge in [-0.3, -0.25) is 9.59 Å². The van der Waals surface area contributed by atoms with E-state index in [1.165, 1.54) is 31.3 Å². The van der Waals surface area contributed by atoms with Gasteiger partial charge < -0.3 is 15.4 Å². The third kappa shape index (κ3) is 5.56. The minimum Gasteiger partial charge on any atom is -0.452 e. The molecular formula is C18H15F3N2O4. The van der Waals surface area contributed by atoms with Crippen molar-refractivity contribution in [2.75, 3.05) is 19.0 Å². The largest absolute Gasteiger partial charge is 0.452 e. The number of anilines is 1. The van der Waals surface area contributed by atoms with Crippen LogP contribution in [0.5, 0.6) is 0 Å². The van der Waals surface area contributed by atoms with Gasteiger partial charge in [-0.15, -0.1) is 0 Å². The Labute approximate surface area is 152 Å². The van der Waals surface area contributed by atoms with Crippen LogP contribution in [0.1, 0.15) is 26.3 Å². The summed E-state index contributed by atoms with van der Waals surface area (Å²) in [7, 11) is 1.48. The molecule has 0 aromatic heterocycles. The zero-order chi connectivity index (χ0) is 20.0. The first kappa shape index (κ1) is 20.0. The van der Waals surface area contributed by atoms with Crippen molar-refractivity contribution in [2.45, 2.75) is 6.18 Å². The molecule has 6 nitrogen and oxygen atoms in total. The van der Waals surface area contributed by atoms with Crippen molar-refractivity contribution in [1.82, 2.24) is 5.32 Å². The van der Waals surface area contributed by atoms with Crippen LogP contribution in [0, 0.1) is 0 Å². The molecule has 0 unspecified atom stereocenters. The molecule has 2 aromatic carbocycles. The molecule has 0 saturated carbocycles. The smallest absolute Gasteiger partial charge is 0.416 e. The number of halogens is 3. The molecule has 2 aromatic rings. The number of carbonyl (C=O) groups is 3. The number of hydrogen-bond acceptors (Lipinski definition) is 4. The van der Waals surface area contributed by atoms with Crippen LogP contribution < -0.4 is 10.6 Å². The van der Waals surface area contributed by atoms with E-state index in [1.807, 2.05) is 0 Å². The molecule has 0 aliphatic rings. The van der Waals surface area contributed by atoms with Crippen molar-refractivity contribution in [1.29, 1.82) is 0 Å². The number of rotatable bonds is 5. The number of benzene rings is 2. The average molecular weight is 380 g/mol. The molecule has 0 aliphatic carbocycles. The van der Waals surface area contributed by atoms with Gasteiger partial charge in [-0.1, -0.05) is 6.07 Å². The molecule has 0 fully saturated rings. The zero-order valence-corrected chi connectivity index (χ0v) is 14.1. The number of ether oxygens (including phenoxy) is 1. The first-order valence-electron chi connectivity index (χ1n) is 7.67. The SMILES string of the molecule is CNC(=O)c1ccc(NC(=O)COC(=O)c2cccc(C(F)(F)F)c2)cc1. The summed E-state index contributed by atoms with van der Waals surface area (Å²) in [5, 5.41) is 4.89. The summed E-state index contributed by atoms with van der Waals surface area (Å²) in [6, 6.07) is 9.66. The third-order valence-corrected chi connectivity index (χ3v) is 3.42. The van der Waals surface area contributed by atoms with E-state index < -0.39 is 30.2 Å². The van der Waals surface area contributed by atoms with Gasteiger partial charge in [0.15, 0.2) is 6.61 Å². The van der Waals surface area contributed by atoms with Crippen LogP contribution in [0.3, 0.4) is 0 Å². The Balaban J connectivity index is 1.92. The lowest BCUT2D eigenvalue weighted by atomic mass is 10.1. The Morgan fingerprint density at radius 3 is 2.26 bits per heavy atom. The van der Waals surface area contributed by atoms with Crippen LogP contribution in [0.2, 0.25) is 0 Å². The van der Waals surface area contributed by atoms with Gasteiger partial charge in [-0.25, -0.2) is 4.79 Å². The summed E-state index contributed by atoms with van der Waals surface area (Å²) in [6.45, 7) is -0.674. The summed E-state index contributed by atoms with van der Waals surface area (Å²) >= 11 is 0. The molecule has 2 N–H and O–H groups in total. The lowest BCUT2D eigenvalue weighted by molar-refractivity contribution is -0.137. The maximum absolute atomic E-state index is 12.6. The highest BCUT2D eigenvalue weighted by Crippen LogP contribution is 2.29. The van der Waals surface area contributed by atoms with Gasteiger partial charge in [0.05, 0.1) is 11.1 Å². The van der Waals surface area contributed by atoms with E-state index in [0.717, 1.165) is 18.2 Å². The fraction of sp³-hybridized carbons (Fsp3) is 0.167. The predicted molar refractivity (Wildman–Crippen MR) is 90.2 cm³/mol.